The van der Waals surface area contributed by atoms with E-state index in [9.17, 15) is 14.7 Å². The number of aliphatic carboxylic acids is 1. The number of carbonyl (C=O) groups is 2. The molecule has 6 nitrogen and oxygen atoms in total. The first-order valence-electron chi connectivity index (χ1n) is 12.8. The largest absolute Gasteiger partial charge is 0.484 e. The molecule has 0 aliphatic rings. The van der Waals surface area contributed by atoms with Gasteiger partial charge in [-0.15, -0.1) is 0 Å². The fourth-order valence-corrected chi connectivity index (χ4v) is 3.44. The molecule has 1 aromatic rings. The molecule has 2 N–H and O–H groups in total. The summed E-state index contributed by atoms with van der Waals surface area (Å²) < 4.78 is 10.8. The van der Waals surface area contributed by atoms with Gasteiger partial charge in [-0.25, -0.2) is 0 Å². The lowest BCUT2D eigenvalue weighted by Gasteiger charge is -2.22. The number of allylic oxidation sites excluding steroid dienone is 7. The Balaban J connectivity index is 2.72. The molecule has 0 radical (unpaired) electrons. The van der Waals surface area contributed by atoms with E-state index in [1.165, 1.54) is 26.4 Å². The normalized spacial score (nSPS) is 14.6. The molecular weight excluding hydrogens is 456 g/mol. The maximum Gasteiger partial charge on any atom is 0.312 e. The highest BCUT2D eigenvalue weighted by atomic mass is 16.5. The van der Waals surface area contributed by atoms with Crippen molar-refractivity contribution in [3.05, 3.63) is 78.4 Å². The van der Waals surface area contributed by atoms with Crippen LogP contribution in [0.3, 0.4) is 0 Å². The second-order valence-corrected chi connectivity index (χ2v) is 8.65. The standard InChI is InChI=1S/C30H42O6/c1-4-5-6-7-8-9-10-11-12-13-14-15-18-28(27(31)17-16-19-29(32)33)36-26-22-20-25(21-23-26)24(2)30(34)35-3/h8-9,11-15,18,20-24,27-28,31H,4-7,10,16-17,19H2,1-3H3,(H,32,33)/b9-8-,12-11-,14-13+,18-15+. The smallest absolute Gasteiger partial charge is 0.312 e. The molecule has 0 heterocycles. The summed E-state index contributed by atoms with van der Waals surface area (Å²) in [7, 11) is 1.36. The summed E-state index contributed by atoms with van der Waals surface area (Å²) in [6.07, 6.45) is 20.7. The summed E-state index contributed by atoms with van der Waals surface area (Å²) in [6.45, 7) is 3.97. The molecule has 0 aliphatic heterocycles. The van der Waals surface area contributed by atoms with Gasteiger partial charge in [-0.3, -0.25) is 9.59 Å². The zero-order chi connectivity index (χ0) is 26.6. The lowest BCUT2D eigenvalue weighted by molar-refractivity contribution is -0.142. The number of hydrogen-bond acceptors (Lipinski definition) is 5. The molecule has 0 amide bonds. The lowest BCUT2D eigenvalue weighted by atomic mass is 10.0. The molecule has 198 valence electrons. The zero-order valence-corrected chi connectivity index (χ0v) is 21.8. The van der Waals surface area contributed by atoms with Gasteiger partial charge in [0.05, 0.1) is 19.1 Å². The monoisotopic (exact) mass is 498 g/mol. The van der Waals surface area contributed by atoms with E-state index < -0.39 is 24.1 Å². The molecule has 3 atom stereocenters. The number of aliphatic hydroxyl groups is 1. The van der Waals surface area contributed by atoms with Gasteiger partial charge in [0, 0.05) is 6.42 Å². The third-order valence-corrected chi connectivity index (χ3v) is 5.66. The number of unbranched alkanes of at least 4 members (excludes halogenated alkanes) is 3. The molecule has 6 heteroatoms. The highest BCUT2D eigenvalue weighted by molar-refractivity contribution is 5.77. The van der Waals surface area contributed by atoms with Crippen LogP contribution in [0.4, 0.5) is 0 Å². The van der Waals surface area contributed by atoms with E-state index in [2.05, 4.69) is 25.2 Å². The summed E-state index contributed by atoms with van der Waals surface area (Å²) in [4.78, 5) is 22.6. The first kappa shape index (κ1) is 30.9. The highest BCUT2D eigenvalue weighted by Crippen LogP contribution is 2.22. The number of benzene rings is 1. The van der Waals surface area contributed by atoms with Crippen molar-refractivity contribution in [1.29, 1.82) is 0 Å². The number of esters is 1. The minimum absolute atomic E-state index is 0.00858. The molecule has 0 aliphatic carbocycles. The highest BCUT2D eigenvalue weighted by Gasteiger charge is 2.20. The Morgan fingerprint density at radius 1 is 0.972 bits per heavy atom. The van der Waals surface area contributed by atoms with E-state index in [4.69, 9.17) is 14.6 Å². The van der Waals surface area contributed by atoms with E-state index in [-0.39, 0.29) is 12.4 Å². The number of rotatable bonds is 18. The van der Waals surface area contributed by atoms with Crippen molar-refractivity contribution in [2.75, 3.05) is 7.11 Å². The van der Waals surface area contributed by atoms with E-state index in [0.717, 1.165) is 18.4 Å². The van der Waals surface area contributed by atoms with Crippen molar-refractivity contribution < 1.29 is 29.3 Å². The first-order valence-corrected chi connectivity index (χ1v) is 12.8. The zero-order valence-electron chi connectivity index (χ0n) is 21.8. The van der Waals surface area contributed by atoms with Crippen LogP contribution in [0, 0.1) is 0 Å². The minimum atomic E-state index is -0.893. The maximum absolute atomic E-state index is 11.8. The molecule has 36 heavy (non-hydrogen) atoms. The quantitative estimate of drug-likeness (QED) is 0.104. The second-order valence-electron chi connectivity index (χ2n) is 8.65. The van der Waals surface area contributed by atoms with Gasteiger partial charge in [0.2, 0.25) is 0 Å². The van der Waals surface area contributed by atoms with Gasteiger partial charge in [-0.1, -0.05) is 74.4 Å². The Morgan fingerprint density at radius 2 is 1.69 bits per heavy atom. The van der Waals surface area contributed by atoms with Gasteiger partial charge in [-0.05, 0) is 62.8 Å². The average molecular weight is 499 g/mol. The van der Waals surface area contributed by atoms with E-state index in [1.807, 2.05) is 24.3 Å². The summed E-state index contributed by atoms with van der Waals surface area (Å²) in [5, 5.41) is 19.5. The van der Waals surface area contributed by atoms with Crippen molar-refractivity contribution in [3.63, 3.8) is 0 Å². The van der Waals surface area contributed by atoms with Gasteiger partial charge in [0.15, 0.2) is 0 Å². The van der Waals surface area contributed by atoms with Gasteiger partial charge >= 0.3 is 11.9 Å². The number of carboxylic acids is 1. The molecule has 1 rings (SSSR count). The van der Waals surface area contributed by atoms with Gasteiger partial charge in [-0.2, -0.15) is 0 Å². The Hall–Kier alpha value is -3.12. The van der Waals surface area contributed by atoms with E-state index in [0.29, 0.717) is 18.6 Å². The third kappa shape index (κ3) is 13.7. The first-order chi connectivity index (χ1) is 17.4. The molecule has 0 fully saturated rings. The van der Waals surface area contributed by atoms with Gasteiger partial charge in [0.1, 0.15) is 11.9 Å². The summed E-state index contributed by atoms with van der Waals surface area (Å²) in [5.41, 5.74) is 0.800. The summed E-state index contributed by atoms with van der Waals surface area (Å²) in [6, 6.07) is 7.07. The van der Waals surface area contributed by atoms with Crippen LogP contribution in [0.1, 0.15) is 76.7 Å². The number of methoxy groups -OCH3 is 1. The molecule has 0 saturated carbocycles. The van der Waals surface area contributed by atoms with Gasteiger partial charge in [0.25, 0.3) is 0 Å². The van der Waals surface area contributed by atoms with Crippen molar-refractivity contribution in [2.24, 2.45) is 0 Å². The van der Waals surface area contributed by atoms with Crippen molar-refractivity contribution in [3.8, 4) is 5.75 Å². The van der Waals surface area contributed by atoms with Crippen LogP contribution in [-0.2, 0) is 14.3 Å². The Kier molecular flexibility index (Phi) is 16.4. The van der Waals surface area contributed by atoms with Gasteiger partial charge < -0.3 is 19.7 Å². The molecule has 0 bridgehead atoms. The van der Waals surface area contributed by atoms with Crippen molar-refractivity contribution in [2.45, 2.75) is 83.3 Å². The molecular formula is C30H42O6. The predicted octanol–water partition coefficient (Wildman–Crippen LogP) is 6.52. The summed E-state index contributed by atoms with van der Waals surface area (Å²) >= 11 is 0. The maximum atomic E-state index is 11.8. The Morgan fingerprint density at radius 3 is 2.36 bits per heavy atom. The number of aliphatic hydroxyl groups excluding tert-OH is 1. The van der Waals surface area contributed by atoms with Crippen LogP contribution in [0.15, 0.2) is 72.9 Å². The second kappa shape index (κ2) is 19.1. The fraction of sp³-hybridized carbons (Fsp3) is 0.467. The molecule has 1 aromatic carbocycles. The molecule has 0 saturated heterocycles. The minimum Gasteiger partial charge on any atom is -0.484 e. The average Bonchev–Trinajstić information content (AvgIpc) is 2.87. The van der Waals surface area contributed by atoms with Crippen molar-refractivity contribution >= 4 is 11.9 Å². The molecule has 0 aromatic heterocycles. The van der Waals surface area contributed by atoms with Crippen LogP contribution in [0.5, 0.6) is 5.75 Å². The molecule has 0 spiro atoms. The molecule has 3 unspecified atom stereocenters. The van der Waals surface area contributed by atoms with Crippen molar-refractivity contribution in [1.82, 2.24) is 0 Å². The lowest BCUT2D eigenvalue weighted by Crippen LogP contribution is -2.30. The predicted molar refractivity (Wildman–Crippen MR) is 144 cm³/mol. The third-order valence-electron chi connectivity index (χ3n) is 5.66. The van der Waals surface area contributed by atoms with Crippen LogP contribution >= 0.6 is 0 Å². The summed E-state index contributed by atoms with van der Waals surface area (Å²) in [5.74, 6) is -1.06. The number of hydrogen-bond donors (Lipinski definition) is 2. The van der Waals surface area contributed by atoms with Crippen LogP contribution in [0.2, 0.25) is 0 Å². The SMILES string of the molecule is CCCCC/C=C\C\C=C/C=C/C=C/C(Oc1ccc(C(C)C(=O)OC)cc1)C(O)CCCC(=O)O. The van der Waals surface area contributed by atoms with Crippen LogP contribution in [0.25, 0.3) is 0 Å². The van der Waals surface area contributed by atoms with E-state index >= 15 is 0 Å². The Bertz CT molecular complexity index is 866. The van der Waals surface area contributed by atoms with Crippen LogP contribution < -0.4 is 4.74 Å². The van der Waals surface area contributed by atoms with E-state index in [1.54, 1.807) is 37.3 Å². The topological polar surface area (TPSA) is 93.1 Å². The Labute approximate surface area is 216 Å². The van der Waals surface area contributed by atoms with Crippen LogP contribution in [-0.4, -0.2) is 41.5 Å². The number of carbonyl (C=O) groups excluding carboxylic acids is 1. The number of carboxylic acid groups (broad SMARTS) is 1. The fourth-order valence-electron chi connectivity index (χ4n) is 3.44. The number of ether oxygens (including phenoxy) is 2.